The molecule has 0 saturated heterocycles. The van der Waals surface area contributed by atoms with Gasteiger partial charge in [0.2, 0.25) is 0 Å². The highest BCUT2D eigenvalue weighted by molar-refractivity contribution is 7.22. The number of fused-ring (bicyclic) bond motifs is 1. The van der Waals surface area contributed by atoms with Gasteiger partial charge in [-0.1, -0.05) is 23.5 Å². The van der Waals surface area contributed by atoms with Gasteiger partial charge in [0.15, 0.2) is 10.8 Å². The number of hydrogen-bond donors (Lipinski definition) is 0. The summed E-state index contributed by atoms with van der Waals surface area (Å²) in [4.78, 5) is 21.7. The quantitative estimate of drug-likeness (QED) is 0.644. The Hall–Kier alpha value is -1.96. The number of rotatable bonds is 6. The van der Waals surface area contributed by atoms with Gasteiger partial charge in [0, 0.05) is 25.4 Å². The molecule has 140 valence electrons. The Balaban J connectivity index is 0.00000243. The fourth-order valence-electron chi connectivity index (χ4n) is 2.75. The second-order valence-electron chi connectivity index (χ2n) is 6.41. The average Bonchev–Trinajstić information content (AvgIpc) is 3.13. The Morgan fingerprint density at radius 1 is 1.23 bits per heavy atom. The Kier molecular flexibility index (Phi) is 6.75. The third kappa shape index (κ3) is 4.41. The number of benzene rings is 1. The number of carbonyl (C=O) groups is 1. The van der Waals surface area contributed by atoms with Gasteiger partial charge in [-0.25, -0.2) is 4.98 Å². The second-order valence-corrected chi connectivity index (χ2v) is 7.42. The molecule has 6 nitrogen and oxygen atoms in total. The van der Waals surface area contributed by atoms with Crippen molar-refractivity contribution < 1.29 is 4.79 Å². The van der Waals surface area contributed by atoms with Crippen LogP contribution in [-0.2, 0) is 7.05 Å². The minimum absolute atomic E-state index is 0. The van der Waals surface area contributed by atoms with E-state index in [1.807, 2.05) is 58.5 Å². The van der Waals surface area contributed by atoms with Crippen molar-refractivity contribution in [3.8, 4) is 0 Å². The molecule has 0 fully saturated rings. The van der Waals surface area contributed by atoms with Gasteiger partial charge >= 0.3 is 0 Å². The molecule has 0 N–H and O–H groups in total. The number of aromatic nitrogens is 3. The van der Waals surface area contributed by atoms with Crippen molar-refractivity contribution in [1.29, 1.82) is 0 Å². The number of amides is 1. The van der Waals surface area contributed by atoms with Crippen LogP contribution in [0.3, 0.4) is 0 Å². The van der Waals surface area contributed by atoms with Gasteiger partial charge in [0.25, 0.3) is 5.91 Å². The van der Waals surface area contributed by atoms with Crippen LogP contribution >= 0.6 is 23.7 Å². The third-order valence-corrected chi connectivity index (χ3v) is 5.02. The predicted octanol–water partition coefficient (Wildman–Crippen LogP) is 3.36. The summed E-state index contributed by atoms with van der Waals surface area (Å²) in [6.07, 6.45) is 2.74. The summed E-state index contributed by atoms with van der Waals surface area (Å²) < 4.78 is 2.76. The molecule has 0 unspecified atom stereocenters. The van der Waals surface area contributed by atoms with Crippen molar-refractivity contribution in [1.82, 2.24) is 19.7 Å². The maximum atomic E-state index is 13.1. The van der Waals surface area contributed by atoms with Gasteiger partial charge in [-0.3, -0.25) is 14.4 Å². The average molecular weight is 394 g/mol. The van der Waals surface area contributed by atoms with Crippen molar-refractivity contribution in [3.63, 3.8) is 0 Å². The summed E-state index contributed by atoms with van der Waals surface area (Å²) in [5, 5.41) is 5.08. The highest BCUT2D eigenvalue weighted by atomic mass is 35.5. The van der Waals surface area contributed by atoms with E-state index in [-0.39, 0.29) is 18.3 Å². The molecule has 0 atom stereocenters. The lowest BCUT2D eigenvalue weighted by molar-refractivity contribution is 0.0980. The van der Waals surface area contributed by atoms with Crippen LogP contribution in [-0.4, -0.2) is 52.8 Å². The smallest absolute Gasteiger partial charge is 0.280 e. The topological polar surface area (TPSA) is 54.3 Å². The first kappa shape index (κ1) is 20.4. The van der Waals surface area contributed by atoms with E-state index in [4.69, 9.17) is 0 Å². The first-order valence-electron chi connectivity index (χ1n) is 8.28. The van der Waals surface area contributed by atoms with Crippen molar-refractivity contribution in [3.05, 3.63) is 41.7 Å². The summed E-state index contributed by atoms with van der Waals surface area (Å²) in [5.74, 6) is -0.0871. The van der Waals surface area contributed by atoms with Crippen LogP contribution < -0.4 is 4.90 Å². The number of aryl methyl sites for hydroxylation is 2. The molecule has 1 aromatic carbocycles. The van der Waals surface area contributed by atoms with Crippen molar-refractivity contribution in [2.75, 3.05) is 32.1 Å². The number of carbonyl (C=O) groups excluding carboxylic acids is 1. The lowest BCUT2D eigenvalue weighted by Crippen LogP contribution is -2.34. The first-order chi connectivity index (χ1) is 12.0. The number of nitrogens with zero attached hydrogens (tertiary/aromatic N) is 5. The van der Waals surface area contributed by atoms with Crippen molar-refractivity contribution in [2.45, 2.75) is 13.3 Å². The Labute approximate surface area is 163 Å². The minimum Gasteiger partial charge on any atom is -0.309 e. The van der Waals surface area contributed by atoms with Gasteiger partial charge in [-0.15, -0.1) is 12.4 Å². The van der Waals surface area contributed by atoms with Crippen LogP contribution in [0.4, 0.5) is 5.13 Å². The monoisotopic (exact) mass is 393 g/mol. The van der Waals surface area contributed by atoms with Gasteiger partial charge < -0.3 is 4.90 Å². The lowest BCUT2D eigenvalue weighted by Gasteiger charge is -2.20. The van der Waals surface area contributed by atoms with E-state index in [1.165, 1.54) is 0 Å². The molecule has 0 aliphatic carbocycles. The molecule has 2 heterocycles. The van der Waals surface area contributed by atoms with Gasteiger partial charge in [-0.05, 0) is 46.1 Å². The molecule has 0 spiro atoms. The van der Waals surface area contributed by atoms with Crippen LogP contribution in [0.15, 0.2) is 30.5 Å². The molecule has 0 radical (unpaired) electrons. The molecule has 1 amide bonds. The summed E-state index contributed by atoms with van der Waals surface area (Å²) in [6, 6.07) is 7.97. The molecule has 3 aromatic rings. The molecule has 3 rings (SSSR count). The maximum absolute atomic E-state index is 13.1. The summed E-state index contributed by atoms with van der Waals surface area (Å²) >= 11 is 1.55. The van der Waals surface area contributed by atoms with Gasteiger partial charge in [0.05, 0.1) is 10.2 Å². The molecule has 0 aliphatic rings. The SMILES string of the molecule is Cc1cn(C)nc1C(=O)N(CCCN(C)C)c1nc2ccccc2s1.Cl. The van der Waals surface area contributed by atoms with Crippen molar-refractivity contribution in [2.24, 2.45) is 7.05 Å². The zero-order chi connectivity index (χ0) is 18.0. The Morgan fingerprint density at radius 3 is 2.58 bits per heavy atom. The second kappa shape index (κ2) is 8.62. The summed E-state index contributed by atoms with van der Waals surface area (Å²) in [5.41, 5.74) is 2.29. The van der Waals surface area contributed by atoms with Gasteiger partial charge in [0.1, 0.15) is 0 Å². The third-order valence-electron chi connectivity index (χ3n) is 3.96. The van der Waals surface area contributed by atoms with Crippen LogP contribution in [0.5, 0.6) is 0 Å². The van der Waals surface area contributed by atoms with Crippen LogP contribution in [0, 0.1) is 6.92 Å². The largest absolute Gasteiger partial charge is 0.309 e. The molecular formula is C18H24ClN5OS. The molecule has 0 saturated carbocycles. The fraction of sp³-hybridized carbons (Fsp3) is 0.389. The molecule has 8 heteroatoms. The highest BCUT2D eigenvalue weighted by Gasteiger charge is 2.24. The normalized spacial score (nSPS) is 11.0. The van der Waals surface area contributed by atoms with Crippen molar-refractivity contribution >= 4 is 45.0 Å². The first-order valence-corrected chi connectivity index (χ1v) is 9.10. The number of para-hydroxylation sites is 1. The lowest BCUT2D eigenvalue weighted by atomic mass is 10.2. The standard InChI is InChI=1S/C18H23N5OS.ClH/c1-13-12-22(4)20-16(13)17(24)23(11-7-10-21(2)3)18-19-14-8-5-6-9-15(14)25-18;/h5-6,8-9,12H,7,10-11H2,1-4H3;1H. The van der Waals surface area contributed by atoms with E-state index in [1.54, 1.807) is 20.9 Å². The molecule has 0 bridgehead atoms. The molecule has 0 aliphatic heterocycles. The highest BCUT2D eigenvalue weighted by Crippen LogP contribution is 2.29. The zero-order valence-corrected chi connectivity index (χ0v) is 17.1. The predicted molar refractivity (Wildman–Crippen MR) is 110 cm³/mol. The molecule has 26 heavy (non-hydrogen) atoms. The van der Waals surface area contributed by atoms with E-state index in [0.29, 0.717) is 12.2 Å². The van der Waals surface area contributed by atoms with Crippen LogP contribution in [0.1, 0.15) is 22.5 Å². The van der Waals surface area contributed by atoms with E-state index in [2.05, 4.69) is 15.0 Å². The number of halogens is 1. The van der Waals surface area contributed by atoms with E-state index < -0.39 is 0 Å². The summed E-state index contributed by atoms with van der Waals surface area (Å²) in [7, 11) is 5.90. The van der Waals surface area contributed by atoms with E-state index in [0.717, 1.165) is 33.9 Å². The number of thiazole rings is 1. The van der Waals surface area contributed by atoms with Crippen LogP contribution in [0.25, 0.3) is 10.2 Å². The fourth-order valence-corrected chi connectivity index (χ4v) is 3.74. The Morgan fingerprint density at radius 2 is 1.96 bits per heavy atom. The zero-order valence-electron chi connectivity index (χ0n) is 15.5. The Bertz CT molecular complexity index is 856. The maximum Gasteiger partial charge on any atom is 0.280 e. The number of anilines is 1. The molecule has 2 aromatic heterocycles. The van der Waals surface area contributed by atoms with E-state index >= 15 is 0 Å². The van der Waals surface area contributed by atoms with Crippen LogP contribution in [0.2, 0.25) is 0 Å². The van der Waals surface area contributed by atoms with E-state index in [9.17, 15) is 4.79 Å². The van der Waals surface area contributed by atoms with Gasteiger partial charge in [-0.2, -0.15) is 5.10 Å². The molecular weight excluding hydrogens is 370 g/mol. The summed E-state index contributed by atoms with van der Waals surface area (Å²) in [6.45, 7) is 3.44. The number of hydrogen-bond acceptors (Lipinski definition) is 5. The minimum atomic E-state index is -0.0871.